The van der Waals surface area contributed by atoms with Crippen LogP contribution < -0.4 is 0 Å². The molecule has 0 N–H and O–H groups in total. The standard InChI is InChI=1S/C28H29NO5/c1-19(2)25-18-34-28(32)29(25)27(31)23(16-26(30)33-17-20-9-4-3-5-10-20)15-22-13-8-12-21-11-6-7-14-24(21)22/h3-14,19,23,25H,15-18H2,1-2H3. The first kappa shape index (κ1) is 23.5. The van der Waals surface area contributed by atoms with Crippen molar-refractivity contribution in [1.82, 2.24) is 4.90 Å². The number of hydrogen-bond acceptors (Lipinski definition) is 5. The number of ether oxygens (including phenoxy) is 2. The lowest BCUT2D eigenvalue weighted by atomic mass is 9.91. The van der Waals surface area contributed by atoms with Gasteiger partial charge in [0.1, 0.15) is 13.2 Å². The Kier molecular flexibility index (Phi) is 7.26. The van der Waals surface area contributed by atoms with E-state index in [-0.39, 0.29) is 31.6 Å². The van der Waals surface area contributed by atoms with Crippen LogP contribution >= 0.6 is 0 Å². The van der Waals surface area contributed by atoms with Crippen molar-refractivity contribution < 1.29 is 23.9 Å². The lowest BCUT2D eigenvalue weighted by molar-refractivity contribution is -0.149. The molecule has 1 aliphatic rings. The number of hydrogen-bond donors (Lipinski definition) is 0. The Hall–Kier alpha value is -3.67. The Bertz CT molecular complexity index is 1170. The normalized spacial score (nSPS) is 16.5. The maximum absolute atomic E-state index is 13.6. The van der Waals surface area contributed by atoms with Crippen molar-refractivity contribution in [2.75, 3.05) is 6.61 Å². The van der Waals surface area contributed by atoms with Crippen LogP contribution in [-0.2, 0) is 32.1 Å². The Morgan fingerprint density at radius 2 is 1.71 bits per heavy atom. The lowest BCUT2D eigenvalue weighted by Gasteiger charge is -2.27. The number of rotatable bonds is 8. The number of carbonyl (C=O) groups is 3. The van der Waals surface area contributed by atoms with Crippen molar-refractivity contribution in [3.63, 3.8) is 0 Å². The summed E-state index contributed by atoms with van der Waals surface area (Å²) < 4.78 is 10.7. The first-order chi connectivity index (χ1) is 16.4. The summed E-state index contributed by atoms with van der Waals surface area (Å²) in [5.41, 5.74) is 1.82. The third kappa shape index (κ3) is 5.28. The lowest BCUT2D eigenvalue weighted by Crippen LogP contribution is -2.45. The fraction of sp³-hybridized carbons (Fsp3) is 0.321. The SMILES string of the molecule is CC(C)C1COC(=O)N1C(=O)C(CC(=O)OCc1ccccc1)Cc1cccc2ccccc12. The molecule has 1 heterocycles. The molecule has 0 bridgehead atoms. The van der Waals surface area contributed by atoms with Crippen LogP contribution in [0.5, 0.6) is 0 Å². The van der Waals surface area contributed by atoms with Gasteiger partial charge in [0.15, 0.2) is 0 Å². The van der Waals surface area contributed by atoms with Gasteiger partial charge in [-0.1, -0.05) is 86.6 Å². The predicted octanol–water partition coefficient (Wildman–Crippen LogP) is 5.14. The third-order valence-corrected chi connectivity index (χ3v) is 6.26. The van der Waals surface area contributed by atoms with E-state index in [4.69, 9.17) is 9.47 Å². The molecule has 0 aromatic heterocycles. The molecule has 0 spiro atoms. The summed E-state index contributed by atoms with van der Waals surface area (Å²) >= 11 is 0. The van der Waals surface area contributed by atoms with Crippen molar-refractivity contribution in [2.24, 2.45) is 11.8 Å². The number of cyclic esters (lactones) is 1. The van der Waals surface area contributed by atoms with Crippen LogP contribution in [0, 0.1) is 11.8 Å². The second kappa shape index (κ2) is 10.5. The molecule has 3 aromatic carbocycles. The summed E-state index contributed by atoms with van der Waals surface area (Å²) in [6.07, 6.45) is -0.456. The van der Waals surface area contributed by atoms with E-state index in [1.165, 1.54) is 4.90 Å². The van der Waals surface area contributed by atoms with E-state index in [1.807, 2.05) is 86.6 Å². The van der Waals surface area contributed by atoms with Gasteiger partial charge >= 0.3 is 12.1 Å². The summed E-state index contributed by atoms with van der Waals surface area (Å²) in [6, 6.07) is 22.9. The number of benzene rings is 3. The van der Waals surface area contributed by atoms with Crippen LogP contribution in [0.3, 0.4) is 0 Å². The highest BCUT2D eigenvalue weighted by Crippen LogP contribution is 2.28. The van der Waals surface area contributed by atoms with E-state index in [0.717, 1.165) is 21.9 Å². The highest BCUT2D eigenvalue weighted by Gasteiger charge is 2.42. The minimum atomic E-state index is -0.749. The van der Waals surface area contributed by atoms with Gasteiger partial charge in [-0.3, -0.25) is 9.59 Å². The quantitative estimate of drug-likeness (QED) is 0.437. The smallest absolute Gasteiger partial charge is 0.416 e. The maximum Gasteiger partial charge on any atom is 0.416 e. The Morgan fingerprint density at radius 1 is 1.00 bits per heavy atom. The number of esters is 1. The van der Waals surface area contributed by atoms with E-state index < -0.39 is 23.9 Å². The van der Waals surface area contributed by atoms with Crippen LogP contribution in [0.2, 0.25) is 0 Å². The molecule has 34 heavy (non-hydrogen) atoms. The molecule has 2 unspecified atom stereocenters. The van der Waals surface area contributed by atoms with E-state index in [9.17, 15) is 14.4 Å². The van der Waals surface area contributed by atoms with Crippen LogP contribution in [0.4, 0.5) is 4.79 Å². The molecule has 0 aliphatic carbocycles. The van der Waals surface area contributed by atoms with Crippen molar-refractivity contribution in [3.05, 3.63) is 83.9 Å². The summed E-state index contributed by atoms with van der Waals surface area (Å²) in [5, 5.41) is 2.07. The van der Waals surface area contributed by atoms with Crippen molar-refractivity contribution in [3.8, 4) is 0 Å². The fourth-order valence-electron chi connectivity index (χ4n) is 4.36. The van der Waals surface area contributed by atoms with Crippen LogP contribution in [0.25, 0.3) is 10.8 Å². The van der Waals surface area contributed by atoms with E-state index >= 15 is 0 Å². The monoisotopic (exact) mass is 459 g/mol. The highest BCUT2D eigenvalue weighted by atomic mass is 16.6. The van der Waals surface area contributed by atoms with E-state index in [1.54, 1.807) is 0 Å². The molecule has 6 heteroatoms. The number of amides is 2. The number of imide groups is 1. The zero-order valence-electron chi connectivity index (χ0n) is 19.5. The number of fused-ring (bicyclic) bond motifs is 1. The molecule has 4 rings (SSSR count). The summed E-state index contributed by atoms with van der Waals surface area (Å²) in [6.45, 7) is 4.19. The topological polar surface area (TPSA) is 72.9 Å². The Morgan fingerprint density at radius 3 is 2.47 bits per heavy atom. The second-order valence-electron chi connectivity index (χ2n) is 8.99. The Balaban J connectivity index is 1.58. The average Bonchev–Trinajstić information content (AvgIpc) is 3.24. The molecule has 0 radical (unpaired) electrons. The zero-order valence-corrected chi connectivity index (χ0v) is 19.5. The van der Waals surface area contributed by atoms with Gasteiger partial charge in [-0.15, -0.1) is 0 Å². The number of nitrogens with zero attached hydrogens (tertiary/aromatic N) is 1. The molecule has 3 aromatic rings. The van der Waals surface area contributed by atoms with Gasteiger partial charge < -0.3 is 9.47 Å². The first-order valence-corrected chi connectivity index (χ1v) is 11.6. The van der Waals surface area contributed by atoms with Gasteiger partial charge in [0.05, 0.1) is 18.4 Å². The molecule has 176 valence electrons. The van der Waals surface area contributed by atoms with E-state index in [2.05, 4.69) is 0 Å². The van der Waals surface area contributed by atoms with Gasteiger partial charge in [-0.25, -0.2) is 9.69 Å². The molecular formula is C28H29NO5. The molecular weight excluding hydrogens is 430 g/mol. The van der Waals surface area contributed by atoms with Gasteiger partial charge in [0.2, 0.25) is 5.91 Å². The minimum absolute atomic E-state index is 0.0404. The molecule has 2 amide bonds. The summed E-state index contributed by atoms with van der Waals surface area (Å²) in [4.78, 5) is 40.1. The van der Waals surface area contributed by atoms with Crippen LogP contribution in [-0.4, -0.2) is 35.5 Å². The maximum atomic E-state index is 13.6. The zero-order chi connectivity index (χ0) is 24.1. The molecule has 2 atom stereocenters. The molecule has 6 nitrogen and oxygen atoms in total. The van der Waals surface area contributed by atoms with Gasteiger partial charge in [-0.05, 0) is 34.2 Å². The van der Waals surface area contributed by atoms with Crippen LogP contribution in [0.1, 0.15) is 31.4 Å². The second-order valence-corrected chi connectivity index (χ2v) is 8.99. The molecule has 0 saturated carbocycles. The summed E-state index contributed by atoms with van der Waals surface area (Å²) in [7, 11) is 0. The van der Waals surface area contributed by atoms with Crippen LogP contribution in [0.15, 0.2) is 72.8 Å². The predicted molar refractivity (Wildman–Crippen MR) is 129 cm³/mol. The number of carbonyl (C=O) groups excluding carboxylic acids is 3. The molecule has 1 aliphatic heterocycles. The van der Waals surface area contributed by atoms with Gasteiger partial charge in [0, 0.05) is 0 Å². The van der Waals surface area contributed by atoms with Crippen molar-refractivity contribution in [2.45, 2.75) is 39.3 Å². The highest BCUT2D eigenvalue weighted by molar-refractivity contribution is 5.97. The first-order valence-electron chi connectivity index (χ1n) is 11.6. The van der Waals surface area contributed by atoms with Gasteiger partial charge in [0.25, 0.3) is 0 Å². The minimum Gasteiger partial charge on any atom is -0.461 e. The fourth-order valence-corrected chi connectivity index (χ4v) is 4.36. The van der Waals surface area contributed by atoms with Gasteiger partial charge in [-0.2, -0.15) is 0 Å². The average molecular weight is 460 g/mol. The molecule has 1 fully saturated rings. The largest absolute Gasteiger partial charge is 0.461 e. The van der Waals surface area contributed by atoms with E-state index in [0.29, 0.717) is 6.42 Å². The Labute approximate surface area is 199 Å². The summed E-state index contributed by atoms with van der Waals surface area (Å²) in [5.74, 6) is -1.58. The van der Waals surface area contributed by atoms with Crippen molar-refractivity contribution in [1.29, 1.82) is 0 Å². The van der Waals surface area contributed by atoms with Crippen molar-refractivity contribution >= 4 is 28.7 Å². The molecule has 1 saturated heterocycles. The third-order valence-electron chi connectivity index (χ3n) is 6.26.